The van der Waals surface area contributed by atoms with Crippen LogP contribution >= 0.6 is 0 Å². The molecule has 3 aromatic rings. The molecule has 0 amide bonds. The normalized spacial score (nSPS) is 12.5. The van der Waals surface area contributed by atoms with Crippen LogP contribution in [0.15, 0.2) is 52.0 Å². The maximum Gasteiger partial charge on any atom is 0.347 e. The third kappa shape index (κ3) is 4.92. The van der Waals surface area contributed by atoms with Gasteiger partial charge in [0.1, 0.15) is 5.75 Å². The summed E-state index contributed by atoms with van der Waals surface area (Å²) in [6.07, 6.45) is 0. The molecule has 0 radical (unpaired) electrons. The molecule has 0 aliphatic carbocycles. The minimum atomic E-state index is -0.619. The number of carbonyl (C=O) groups excluding carboxylic acids is 1. The molecule has 0 bridgehead atoms. The van der Waals surface area contributed by atoms with Crippen LogP contribution in [0.2, 0.25) is 0 Å². The third-order valence-electron chi connectivity index (χ3n) is 4.33. The molecule has 2 aromatic carbocycles. The van der Waals surface area contributed by atoms with Crippen molar-refractivity contribution in [2.24, 2.45) is 5.16 Å². The summed E-state index contributed by atoms with van der Waals surface area (Å²) < 4.78 is 26.3. The van der Waals surface area contributed by atoms with Crippen molar-refractivity contribution >= 4 is 11.7 Å². The number of benzene rings is 2. The Bertz CT molecular complexity index is 1090. The Morgan fingerprint density at radius 1 is 1.10 bits per heavy atom. The monoisotopic (exact) mass is 425 g/mol. The van der Waals surface area contributed by atoms with Gasteiger partial charge in [-0.1, -0.05) is 5.16 Å². The highest BCUT2D eigenvalue weighted by molar-refractivity contribution is 5.99. The topological polar surface area (TPSA) is 115 Å². The summed E-state index contributed by atoms with van der Waals surface area (Å²) in [5.74, 6) is 1.89. The highest BCUT2D eigenvalue weighted by Gasteiger charge is 2.15. The van der Waals surface area contributed by atoms with Crippen LogP contribution in [0.25, 0.3) is 11.5 Å². The van der Waals surface area contributed by atoms with Gasteiger partial charge in [0.15, 0.2) is 18.1 Å². The van der Waals surface area contributed by atoms with Crippen molar-refractivity contribution in [3.8, 4) is 28.7 Å². The minimum Gasteiger partial charge on any atom is -0.497 e. The molecule has 0 unspecified atom stereocenters. The zero-order valence-corrected chi connectivity index (χ0v) is 16.9. The molecule has 1 aliphatic rings. The van der Waals surface area contributed by atoms with Crippen LogP contribution in [0, 0.1) is 0 Å². The Balaban J connectivity index is 1.25. The average Bonchev–Trinajstić information content (AvgIpc) is 3.46. The van der Waals surface area contributed by atoms with Gasteiger partial charge in [-0.2, -0.15) is 0 Å². The number of oxime groups is 1. The lowest BCUT2D eigenvalue weighted by molar-refractivity contribution is -0.150. The number of rotatable bonds is 8. The van der Waals surface area contributed by atoms with E-state index in [1.165, 1.54) is 0 Å². The molecule has 1 aliphatic heterocycles. The summed E-state index contributed by atoms with van der Waals surface area (Å²) in [6.45, 7) is 1.42. The van der Waals surface area contributed by atoms with Crippen LogP contribution in [-0.2, 0) is 21.0 Å². The van der Waals surface area contributed by atoms with E-state index in [9.17, 15) is 4.79 Å². The van der Waals surface area contributed by atoms with Crippen LogP contribution in [-0.4, -0.2) is 42.4 Å². The van der Waals surface area contributed by atoms with Crippen molar-refractivity contribution in [1.82, 2.24) is 10.2 Å². The molecular weight excluding hydrogens is 406 g/mol. The highest BCUT2D eigenvalue weighted by atomic mass is 16.7. The van der Waals surface area contributed by atoms with E-state index in [1.54, 1.807) is 50.4 Å². The van der Waals surface area contributed by atoms with Crippen LogP contribution < -0.4 is 14.2 Å². The van der Waals surface area contributed by atoms with Crippen LogP contribution in [0.5, 0.6) is 17.2 Å². The van der Waals surface area contributed by atoms with Crippen molar-refractivity contribution in [1.29, 1.82) is 0 Å². The zero-order valence-electron chi connectivity index (χ0n) is 16.9. The van der Waals surface area contributed by atoms with Crippen LogP contribution in [0.1, 0.15) is 18.4 Å². The Morgan fingerprint density at radius 2 is 1.90 bits per heavy atom. The van der Waals surface area contributed by atoms with Gasteiger partial charge >= 0.3 is 5.97 Å². The van der Waals surface area contributed by atoms with Gasteiger partial charge in [-0.15, -0.1) is 10.2 Å². The molecule has 10 nitrogen and oxygen atoms in total. The molecule has 4 rings (SSSR count). The minimum absolute atomic E-state index is 0.166. The zero-order chi connectivity index (χ0) is 21.6. The maximum atomic E-state index is 11.9. The van der Waals surface area contributed by atoms with Gasteiger partial charge in [-0.25, -0.2) is 4.79 Å². The molecular formula is C21H19N3O7. The second kappa shape index (κ2) is 9.16. The number of carbonyl (C=O) groups is 1. The summed E-state index contributed by atoms with van der Waals surface area (Å²) in [5.41, 5.74) is 2.09. The largest absolute Gasteiger partial charge is 0.497 e. The molecule has 0 spiro atoms. The Kier molecular flexibility index (Phi) is 5.97. The van der Waals surface area contributed by atoms with Crippen LogP contribution in [0.3, 0.4) is 0 Å². The molecule has 0 saturated carbocycles. The maximum absolute atomic E-state index is 11.9. The Hall–Kier alpha value is -4.08. The molecule has 0 N–H and O–H groups in total. The molecule has 2 heterocycles. The summed E-state index contributed by atoms with van der Waals surface area (Å²) in [7, 11) is 1.59. The van der Waals surface area contributed by atoms with E-state index < -0.39 is 5.97 Å². The summed E-state index contributed by atoms with van der Waals surface area (Å²) in [5, 5.41) is 11.7. The second-order valence-corrected chi connectivity index (χ2v) is 6.41. The first-order chi connectivity index (χ1) is 15.1. The number of ether oxygens (including phenoxy) is 4. The summed E-state index contributed by atoms with van der Waals surface area (Å²) in [4.78, 5) is 17.0. The fourth-order valence-electron chi connectivity index (χ4n) is 2.70. The van der Waals surface area contributed by atoms with Gasteiger partial charge in [0.25, 0.3) is 5.89 Å². The second-order valence-electron chi connectivity index (χ2n) is 6.41. The molecule has 10 heteroatoms. The van der Waals surface area contributed by atoms with Gasteiger partial charge in [-0.05, 0) is 49.4 Å². The highest BCUT2D eigenvalue weighted by Crippen LogP contribution is 2.32. The van der Waals surface area contributed by atoms with Crippen molar-refractivity contribution in [2.45, 2.75) is 13.5 Å². The molecule has 160 valence electrons. The number of methoxy groups -OCH3 is 1. The van der Waals surface area contributed by atoms with E-state index in [0.717, 1.165) is 11.1 Å². The van der Waals surface area contributed by atoms with E-state index in [1.807, 2.05) is 6.07 Å². The van der Waals surface area contributed by atoms with Crippen molar-refractivity contribution in [2.75, 3.05) is 20.5 Å². The first-order valence-corrected chi connectivity index (χ1v) is 9.31. The van der Waals surface area contributed by atoms with Crippen molar-refractivity contribution in [3.05, 3.63) is 53.9 Å². The molecule has 0 fully saturated rings. The lowest BCUT2D eigenvalue weighted by Crippen LogP contribution is -2.11. The van der Waals surface area contributed by atoms with Crippen LogP contribution in [0.4, 0.5) is 0 Å². The van der Waals surface area contributed by atoms with Gasteiger partial charge in [0.2, 0.25) is 19.3 Å². The predicted molar refractivity (Wildman–Crippen MR) is 107 cm³/mol. The number of hydrogen-bond donors (Lipinski definition) is 0. The molecule has 31 heavy (non-hydrogen) atoms. The number of aromatic nitrogens is 2. The van der Waals surface area contributed by atoms with Gasteiger partial charge in [0, 0.05) is 11.1 Å². The predicted octanol–water partition coefficient (Wildman–Crippen LogP) is 2.96. The Morgan fingerprint density at radius 3 is 2.71 bits per heavy atom. The van der Waals surface area contributed by atoms with E-state index in [0.29, 0.717) is 28.9 Å². The van der Waals surface area contributed by atoms with E-state index in [4.69, 9.17) is 28.2 Å². The van der Waals surface area contributed by atoms with Gasteiger partial charge in [0.05, 0.1) is 12.8 Å². The molecule has 1 aromatic heterocycles. The lowest BCUT2D eigenvalue weighted by Gasteiger charge is -2.04. The van der Waals surface area contributed by atoms with Gasteiger partial charge < -0.3 is 28.2 Å². The first-order valence-electron chi connectivity index (χ1n) is 9.31. The smallest absolute Gasteiger partial charge is 0.347 e. The molecule has 0 saturated heterocycles. The van der Waals surface area contributed by atoms with Gasteiger partial charge in [-0.3, -0.25) is 0 Å². The summed E-state index contributed by atoms with van der Waals surface area (Å²) in [6, 6.07) is 12.5. The van der Waals surface area contributed by atoms with E-state index >= 15 is 0 Å². The number of hydrogen-bond acceptors (Lipinski definition) is 10. The quantitative estimate of drug-likeness (QED) is 0.305. The number of fused-ring (bicyclic) bond motifs is 1. The van der Waals surface area contributed by atoms with E-state index in [2.05, 4.69) is 15.4 Å². The lowest BCUT2D eigenvalue weighted by atomic mass is 10.1. The number of esters is 1. The van der Waals surface area contributed by atoms with Crippen molar-refractivity contribution in [3.63, 3.8) is 0 Å². The van der Waals surface area contributed by atoms with E-state index in [-0.39, 0.29) is 25.9 Å². The fraction of sp³-hybridized carbons (Fsp3) is 0.238. The molecule has 0 atom stereocenters. The van der Waals surface area contributed by atoms with Crippen molar-refractivity contribution < 1.29 is 33.0 Å². The average molecular weight is 425 g/mol. The fourth-order valence-corrected chi connectivity index (χ4v) is 2.70. The Labute approximate surface area is 177 Å². The number of nitrogens with zero attached hydrogens (tertiary/aromatic N) is 3. The summed E-state index contributed by atoms with van der Waals surface area (Å²) >= 11 is 0. The third-order valence-corrected chi connectivity index (χ3v) is 4.33. The standard InChI is InChI=1S/C21H19N3O7/c1-13(15-5-8-17-18(9-15)29-12-28-17)24-30-11-20(25)27-10-19-22-23-21(31-19)14-3-6-16(26-2)7-4-14/h3-9H,10-12H2,1-2H3/b24-13+. The SMILES string of the molecule is COc1ccc(-c2nnc(COC(=O)CO/N=C(\C)c3ccc4c(c3)OCO4)o2)cc1. The first kappa shape index (κ1) is 20.2.